The normalized spacial score (nSPS) is 15.3. The third-order valence-corrected chi connectivity index (χ3v) is 6.90. The van der Waals surface area contributed by atoms with Gasteiger partial charge in [-0.1, -0.05) is 30.5 Å². The first-order chi connectivity index (χ1) is 11.8. The molecule has 1 saturated carbocycles. The highest BCUT2D eigenvalue weighted by molar-refractivity contribution is 7.99. The maximum atomic E-state index is 12.2. The molecule has 0 radical (unpaired) electrons. The number of thioether (sulfide) groups is 1. The molecule has 0 unspecified atom stereocenters. The summed E-state index contributed by atoms with van der Waals surface area (Å²) in [4.78, 5) is 12.2. The second-order valence-corrected chi connectivity index (χ2v) is 10.0. The average molecular weight is 385 g/mol. The molecule has 1 aromatic carbocycles. The fraction of sp³-hybridized carbons (Fsp3) is 0.611. The van der Waals surface area contributed by atoms with Crippen molar-refractivity contribution in [3.63, 3.8) is 0 Å². The zero-order valence-corrected chi connectivity index (χ0v) is 16.9. The first kappa shape index (κ1) is 20.1. The summed E-state index contributed by atoms with van der Waals surface area (Å²) in [6, 6.07) is 5.54. The van der Waals surface area contributed by atoms with Crippen molar-refractivity contribution in [3.8, 4) is 0 Å². The van der Waals surface area contributed by atoms with Crippen LogP contribution in [-0.4, -0.2) is 44.7 Å². The van der Waals surface area contributed by atoms with Crippen LogP contribution < -0.4 is 9.62 Å². The SMILES string of the molecule is Cc1ccc(N(CC(=O)NCCSC2CCCC2)S(C)(=O)=O)c(C)c1. The van der Waals surface area contributed by atoms with Gasteiger partial charge in [0.15, 0.2) is 0 Å². The second-order valence-electron chi connectivity index (χ2n) is 6.69. The number of hydrogen-bond acceptors (Lipinski definition) is 4. The molecule has 140 valence electrons. The number of nitrogens with one attached hydrogen (secondary N) is 1. The van der Waals surface area contributed by atoms with Crippen LogP contribution in [0.1, 0.15) is 36.8 Å². The molecule has 1 aromatic rings. The number of nitrogens with zero attached hydrogens (tertiary/aromatic N) is 1. The Labute approximate surface area is 155 Å². The largest absolute Gasteiger partial charge is 0.354 e. The van der Waals surface area contributed by atoms with E-state index in [2.05, 4.69) is 5.32 Å². The first-order valence-corrected chi connectivity index (χ1v) is 11.6. The summed E-state index contributed by atoms with van der Waals surface area (Å²) in [5.74, 6) is 0.608. The second kappa shape index (κ2) is 8.94. The topological polar surface area (TPSA) is 66.5 Å². The molecule has 0 aliphatic heterocycles. The van der Waals surface area contributed by atoms with Crippen LogP contribution in [0, 0.1) is 13.8 Å². The molecular formula is C18H28N2O3S2. The van der Waals surface area contributed by atoms with Crippen LogP contribution in [0.4, 0.5) is 5.69 Å². The summed E-state index contributed by atoms with van der Waals surface area (Å²) in [7, 11) is -3.52. The number of benzene rings is 1. The Kier molecular flexibility index (Phi) is 7.19. The lowest BCUT2D eigenvalue weighted by atomic mass is 10.1. The van der Waals surface area contributed by atoms with E-state index in [1.165, 1.54) is 30.0 Å². The molecule has 0 spiro atoms. The van der Waals surface area contributed by atoms with Gasteiger partial charge in [0.1, 0.15) is 6.54 Å². The van der Waals surface area contributed by atoms with Crippen molar-refractivity contribution in [2.75, 3.05) is 29.4 Å². The lowest BCUT2D eigenvalue weighted by Crippen LogP contribution is -2.41. The molecule has 0 aromatic heterocycles. The number of rotatable bonds is 8. The molecule has 0 heterocycles. The lowest BCUT2D eigenvalue weighted by molar-refractivity contribution is -0.119. The smallest absolute Gasteiger partial charge is 0.240 e. The van der Waals surface area contributed by atoms with Gasteiger partial charge in [0, 0.05) is 17.5 Å². The zero-order valence-electron chi connectivity index (χ0n) is 15.2. The molecule has 0 bridgehead atoms. The van der Waals surface area contributed by atoms with Crippen molar-refractivity contribution in [1.29, 1.82) is 0 Å². The van der Waals surface area contributed by atoms with Crippen LogP contribution in [0.15, 0.2) is 18.2 Å². The van der Waals surface area contributed by atoms with E-state index in [0.29, 0.717) is 12.2 Å². The van der Waals surface area contributed by atoms with Crippen LogP contribution in [0.5, 0.6) is 0 Å². The molecule has 0 saturated heterocycles. The van der Waals surface area contributed by atoms with Gasteiger partial charge in [0.05, 0.1) is 11.9 Å². The van der Waals surface area contributed by atoms with E-state index in [4.69, 9.17) is 0 Å². The molecule has 0 atom stereocenters. The Morgan fingerprint density at radius 3 is 2.56 bits per heavy atom. The van der Waals surface area contributed by atoms with Gasteiger partial charge in [-0.25, -0.2) is 8.42 Å². The van der Waals surface area contributed by atoms with Crippen LogP contribution in [0.2, 0.25) is 0 Å². The molecule has 1 aliphatic carbocycles. The Hall–Kier alpha value is -1.21. The van der Waals surface area contributed by atoms with Crippen molar-refractivity contribution in [2.24, 2.45) is 0 Å². The standard InChI is InChI=1S/C18H28N2O3S2/c1-14-8-9-17(15(2)12-14)20(25(3,22)23)13-18(21)19-10-11-24-16-6-4-5-7-16/h8-9,12,16H,4-7,10-11,13H2,1-3H3,(H,19,21). The van der Waals surface area contributed by atoms with E-state index in [0.717, 1.165) is 28.4 Å². The van der Waals surface area contributed by atoms with Gasteiger partial charge in [-0.3, -0.25) is 9.10 Å². The van der Waals surface area contributed by atoms with E-state index < -0.39 is 10.0 Å². The summed E-state index contributed by atoms with van der Waals surface area (Å²) >= 11 is 1.90. The summed E-state index contributed by atoms with van der Waals surface area (Å²) < 4.78 is 25.5. The van der Waals surface area contributed by atoms with E-state index in [1.807, 2.05) is 37.7 Å². The third kappa shape index (κ3) is 6.22. The van der Waals surface area contributed by atoms with Crippen LogP contribution >= 0.6 is 11.8 Å². The summed E-state index contributed by atoms with van der Waals surface area (Å²) in [6.07, 6.45) is 6.29. The van der Waals surface area contributed by atoms with Gasteiger partial charge in [0.2, 0.25) is 15.9 Å². The van der Waals surface area contributed by atoms with Crippen molar-refractivity contribution in [3.05, 3.63) is 29.3 Å². The zero-order chi connectivity index (χ0) is 18.4. The maximum Gasteiger partial charge on any atom is 0.240 e. The number of anilines is 1. The van der Waals surface area contributed by atoms with E-state index in [-0.39, 0.29) is 12.5 Å². The third-order valence-electron chi connectivity index (χ3n) is 4.39. The van der Waals surface area contributed by atoms with Crippen molar-refractivity contribution >= 4 is 33.4 Å². The monoisotopic (exact) mass is 384 g/mol. The Morgan fingerprint density at radius 1 is 1.28 bits per heavy atom. The number of carbonyl (C=O) groups is 1. The molecule has 1 amide bonds. The minimum absolute atomic E-state index is 0.184. The van der Waals surface area contributed by atoms with Gasteiger partial charge in [-0.2, -0.15) is 11.8 Å². The highest BCUT2D eigenvalue weighted by Gasteiger charge is 2.22. The van der Waals surface area contributed by atoms with Crippen molar-refractivity contribution in [1.82, 2.24) is 5.32 Å². The van der Waals surface area contributed by atoms with E-state index >= 15 is 0 Å². The molecule has 2 rings (SSSR count). The fourth-order valence-corrected chi connectivity index (χ4v) is 5.26. The number of carbonyl (C=O) groups excluding carboxylic acids is 1. The average Bonchev–Trinajstić information content (AvgIpc) is 3.02. The minimum Gasteiger partial charge on any atom is -0.354 e. The minimum atomic E-state index is -3.52. The maximum absolute atomic E-state index is 12.2. The fourth-order valence-electron chi connectivity index (χ4n) is 3.12. The van der Waals surface area contributed by atoms with Gasteiger partial charge in [-0.05, 0) is 38.3 Å². The van der Waals surface area contributed by atoms with Crippen molar-refractivity contribution in [2.45, 2.75) is 44.8 Å². The molecule has 1 aliphatic rings. The van der Waals surface area contributed by atoms with Gasteiger partial charge < -0.3 is 5.32 Å². The highest BCUT2D eigenvalue weighted by Crippen LogP contribution is 2.29. The van der Waals surface area contributed by atoms with Crippen LogP contribution in [0.25, 0.3) is 0 Å². The molecule has 1 fully saturated rings. The Morgan fingerprint density at radius 2 is 1.96 bits per heavy atom. The summed E-state index contributed by atoms with van der Waals surface area (Å²) in [6.45, 7) is 4.20. The number of aryl methyl sites for hydroxylation is 2. The first-order valence-electron chi connectivity index (χ1n) is 8.70. The highest BCUT2D eigenvalue weighted by atomic mass is 32.2. The number of sulfonamides is 1. The van der Waals surface area contributed by atoms with Crippen molar-refractivity contribution < 1.29 is 13.2 Å². The van der Waals surface area contributed by atoms with Crippen LogP contribution in [0.3, 0.4) is 0 Å². The van der Waals surface area contributed by atoms with Gasteiger partial charge in [0.25, 0.3) is 0 Å². The number of hydrogen-bond donors (Lipinski definition) is 1. The molecule has 5 nitrogen and oxygen atoms in total. The number of amides is 1. The predicted molar refractivity (Wildman–Crippen MR) is 106 cm³/mol. The van der Waals surface area contributed by atoms with Crippen LogP contribution in [-0.2, 0) is 14.8 Å². The summed E-state index contributed by atoms with van der Waals surface area (Å²) in [5, 5.41) is 3.57. The summed E-state index contributed by atoms with van der Waals surface area (Å²) in [5.41, 5.74) is 2.46. The molecular weight excluding hydrogens is 356 g/mol. The lowest BCUT2D eigenvalue weighted by Gasteiger charge is -2.24. The quantitative estimate of drug-likeness (QED) is 0.700. The Balaban J connectivity index is 1.91. The van der Waals surface area contributed by atoms with E-state index in [9.17, 15) is 13.2 Å². The molecule has 1 N–H and O–H groups in total. The Bertz CT molecular complexity index is 698. The van der Waals surface area contributed by atoms with Gasteiger partial charge >= 0.3 is 0 Å². The van der Waals surface area contributed by atoms with E-state index in [1.54, 1.807) is 6.07 Å². The van der Waals surface area contributed by atoms with Gasteiger partial charge in [-0.15, -0.1) is 0 Å². The predicted octanol–water partition coefficient (Wildman–Crippen LogP) is 2.86. The molecule has 7 heteroatoms. The molecule has 25 heavy (non-hydrogen) atoms.